The lowest BCUT2D eigenvalue weighted by molar-refractivity contribution is 0.230. The highest BCUT2D eigenvalue weighted by atomic mass is 32.2. The van der Waals surface area contributed by atoms with Gasteiger partial charge in [0.15, 0.2) is 11.1 Å². The van der Waals surface area contributed by atoms with Crippen LogP contribution in [0.3, 0.4) is 0 Å². The van der Waals surface area contributed by atoms with E-state index in [-0.39, 0.29) is 6.61 Å². The zero-order valence-electron chi connectivity index (χ0n) is 14.9. The second kappa shape index (κ2) is 11.0. The molecule has 1 aliphatic rings. The van der Waals surface area contributed by atoms with Gasteiger partial charge in [0, 0.05) is 6.20 Å². The summed E-state index contributed by atoms with van der Waals surface area (Å²) in [6.07, 6.45) is 6.12. The van der Waals surface area contributed by atoms with Crippen molar-refractivity contribution in [2.24, 2.45) is 0 Å². The molecular formula is C19H26N2O3S. The topological polar surface area (TPSA) is 51.7 Å². The molecule has 0 aliphatic carbocycles. The molecule has 5 nitrogen and oxygen atoms in total. The van der Waals surface area contributed by atoms with Crippen LogP contribution in [-0.4, -0.2) is 47.4 Å². The van der Waals surface area contributed by atoms with Crippen LogP contribution in [0.5, 0.6) is 5.75 Å². The van der Waals surface area contributed by atoms with E-state index in [0.717, 1.165) is 5.56 Å². The number of nitrogens with zero attached hydrogens (tertiary/aromatic N) is 2. The summed E-state index contributed by atoms with van der Waals surface area (Å²) in [5, 5.41) is 0. The summed E-state index contributed by atoms with van der Waals surface area (Å²) in [7, 11) is 2.17. The first-order chi connectivity index (χ1) is 12.1. The molecule has 6 heteroatoms. The highest BCUT2D eigenvalue weighted by molar-refractivity contribution is 7.80. The summed E-state index contributed by atoms with van der Waals surface area (Å²) in [6.45, 7) is 5.22. The lowest BCUT2D eigenvalue weighted by Gasteiger charge is -2.06. The summed E-state index contributed by atoms with van der Waals surface area (Å²) >= 11 is -1.45. The van der Waals surface area contributed by atoms with Gasteiger partial charge >= 0.3 is 0 Å². The monoisotopic (exact) mass is 362 g/mol. The van der Waals surface area contributed by atoms with Crippen LogP contribution in [0, 0.1) is 6.92 Å². The van der Waals surface area contributed by atoms with Crippen molar-refractivity contribution in [3.8, 4) is 5.75 Å². The van der Waals surface area contributed by atoms with E-state index >= 15 is 0 Å². The summed E-state index contributed by atoms with van der Waals surface area (Å²) in [5.74, 6) is 0.673. The number of ether oxygens (including phenoxy) is 1. The van der Waals surface area contributed by atoms with Crippen molar-refractivity contribution in [3.63, 3.8) is 0 Å². The number of aryl methyl sites for hydroxylation is 1. The van der Waals surface area contributed by atoms with E-state index in [1.165, 1.54) is 25.9 Å². The fourth-order valence-corrected chi connectivity index (χ4v) is 3.01. The first-order valence-corrected chi connectivity index (χ1v) is 9.56. The quantitative estimate of drug-likeness (QED) is 0.739. The smallest absolute Gasteiger partial charge is 0.189 e. The maximum absolute atomic E-state index is 11.8. The Hall–Kier alpha value is -1.76. The standard InChI is InChI=1S/C14H15NO3S.C5H11N/c1-12-4-6-14(7-5-12)19(16)18-10-9-17-13-3-2-8-15-11-13;1-6-4-2-3-5-6/h2-8,11H,9-10H2,1H3;2-5H2,1H3. The Morgan fingerprint density at radius 1 is 1.12 bits per heavy atom. The van der Waals surface area contributed by atoms with E-state index in [1.54, 1.807) is 30.6 Å². The SMILES string of the molecule is CN1CCCC1.Cc1ccc(S(=O)OCCOc2cccnc2)cc1. The van der Waals surface area contributed by atoms with Crippen LogP contribution in [0.2, 0.25) is 0 Å². The second-order valence-electron chi connectivity index (χ2n) is 5.92. The number of hydrogen-bond donors (Lipinski definition) is 0. The van der Waals surface area contributed by atoms with Crippen LogP contribution in [-0.2, 0) is 15.3 Å². The van der Waals surface area contributed by atoms with Crippen molar-refractivity contribution >= 4 is 11.1 Å². The van der Waals surface area contributed by atoms with E-state index in [4.69, 9.17) is 8.92 Å². The van der Waals surface area contributed by atoms with Crippen molar-refractivity contribution in [1.82, 2.24) is 9.88 Å². The largest absolute Gasteiger partial charge is 0.490 e. The summed E-state index contributed by atoms with van der Waals surface area (Å²) < 4.78 is 22.4. The fourth-order valence-electron chi connectivity index (χ4n) is 2.29. The van der Waals surface area contributed by atoms with Gasteiger partial charge in [-0.15, -0.1) is 0 Å². The number of aromatic nitrogens is 1. The fraction of sp³-hybridized carbons (Fsp3) is 0.421. The van der Waals surface area contributed by atoms with Crippen LogP contribution in [0.1, 0.15) is 18.4 Å². The molecule has 1 aromatic carbocycles. The van der Waals surface area contributed by atoms with Crippen molar-refractivity contribution in [3.05, 3.63) is 54.4 Å². The van der Waals surface area contributed by atoms with E-state index < -0.39 is 11.1 Å². The Balaban J connectivity index is 0.000000316. The molecule has 1 unspecified atom stereocenters. The zero-order valence-corrected chi connectivity index (χ0v) is 15.7. The molecule has 25 heavy (non-hydrogen) atoms. The van der Waals surface area contributed by atoms with Gasteiger partial charge in [-0.3, -0.25) is 9.17 Å². The lowest BCUT2D eigenvalue weighted by Crippen LogP contribution is -2.10. The first kappa shape index (κ1) is 19.6. The van der Waals surface area contributed by atoms with Crippen LogP contribution >= 0.6 is 0 Å². The molecule has 3 rings (SSSR count). The highest BCUT2D eigenvalue weighted by Crippen LogP contribution is 2.10. The third kappa shape index (κ3) is 7.77. The predicted octanol–water partition coefficient (Wildman–Crippen LogP) is 3.22. The van der Waals surface area contributed by atoms with E-state index in [0.29, 0.717) is 17.3 Å². The summed E-state index contributed by atoms with van der Waals surface area (Å²) in [4.78, 5) is 6.95. The minimum atomic E-state index is -1.45. The van der Waals surface area contributed by atoms with Gasteiger partial charge in [-0.1, -0.05) is 17.7 Å². The molecule has 2 aromatic rings. The van der Waals surface area contributed by atoms with Crippen LogP contribution < -0.4 is 4.74 Å². The van der Waals surface area contributed by atoms with Gasteiger partial charge in [0.25, 0.3) is 0 Å². The first-order valence-electron chi connectivity index (χ1n) is 8.48. The molecule has 1 aromatic heterocycles. The van der Waals surface area contributed by atoms with Gasteiger partial charge in [0.2, 0.25) is 0 Å². The van der Waals surface area contributed by atoms with Gasteiger partial charge in [-0.25, -0.2) is 4.21 Å². The molecule has 0 bridgehead atoms. The number of benzene rings is 1. The van der Waals surface area contributed by atoms with Gasteiger partial charge < -0.3 is 9.64 Å². The van der Waals surface area contributed by atoms with Gasteiger partial charge in [0.1, 0.15) is 12.4 Å². The molecule has 1 fully saturated rings. The van der Waals surface area contributed by atoms with Crippen LogP contribution in [0.25, 0.3) is 0 Å². The minimum absolute atomic E-state index is 0.259. The molecule has 1 aliphatic heterocycles. The van der Waals surface area contributed by atoms with Gasteiger partial charge in [-0.05, 0) is 64.2 Å². The molecule has 0 saturated carbocycles. The van der Waals surface area contributed by atoms with E-state index in [1.807, 2.05) is 25.1 Å². The molecule has 136 valence electrons. The predicted molar refractivity (Wildman–Crippen MR) is 100 cm³/mol. The minimum Gasteiger partial charge on any atom is -0.490 e. The average molecular weight is 362 g/mol. The van der Waals surface area contributed by atoms with Crippen molar-refractivity contribution in [2.45, 2.75) is 24.7 Å². The molecule has 0 N–H and O–H groups in total. The molecule has 1 atom stereocenters. The maximum atomic E-state index is 11.8. The van der Waals surface area contributed by atoms with Crippen molar-refractivity contribution in [2.75, 3.05) is 33.4 Å². The molecule has 1 saturated heterocycles. The number of likely N-dealkylation sites (tertiary alicyclic amines) is 1. The number of pyridine rings is 1. The highest BCUT2D eigenvalue weighted by Gasteiger charge is 2.04. The molecule has 0 radical (unpaired) electrons. The Bertz CT molecular complexity index is 629. The Labute approximate surface area is 152 Å². The Kier molecular flexibility index (Phi) is 8.59. The average Bonchev–Trinajstić information content (AvgIpc) is 3.11. The van der Waals surface area contributed by atoms with Crippen LogP contribution in [0.15, 0.2) is 53.7 Å². The number of hydrogen-bond acceptors (Lipinski definition) is 5. The lowest BCUT2D eigenvalue weighted by atomic mass is 10.2. The molecule has 0 spiro atoms. The summed E-state index contributed by atoms with van der Waals surface area (Å²) in [5.41, 5.74) is 1.13. The van der Waals surface area contributed by atoms with Crippen LogP contribution in [0.4, 0.5) is 0 Å². The normalized spacial score (nSPS) is 15.3. The summed E-state index contributed by atoms with van der Waals surface area (Å²) in [6, 6.07) is 11.0. The van der Waals surface area contributed by atoms with E-state index in [2.05, 4.69) is 16.9 Å². The third-order valence-corrected chi connectivity index (χ3v) is 4.76. The third-order valence-electron chi connectivity index (χ3n) is 3.72. The zero-order chi connectivity index (χ0) is 17.9. The second-order valence-corrected chi connectivity index (χ2v) is 7.09. The maximum Gasteiger partial charge on any atom is 0.189 e. The molecule has 0 amide bonds. The van der Waals surface area contributed by atoms with Crippen molar-refractivity contribution < 1.29 is 13.1 Å². The van der Waals surface area contributed by atoms with E-state index in [9.17, 15) is 4.21 Å². The van der Waals surface area contributed by atoms with Crippen molar-refractivity contribution in [1.29, 1.82) is 0 Å². The molecular weight excluding hydrogens is 336 g/mol. The number of rotatable bonds is 6. The van der Waals surface area contributed by atoms with Gasteiger partial charge in [0.05, 0.1) is 17.7 Å². The molecule has 2 heterocycles. The Morgan fingerprint density at radius 3 is 2.40 bits per heavy atom. The van der Waals surface area contributed by atoms with Gasteiger partial charge in [-0.2, -0.15) is 0 Å². The Morgan fingerprint density at radius 2 is 1.84 bits per heavy atom.